The topological polar surface area (TPSA) is 64.3 Å². The second-order valence-electron chi connectivity index (χ2n) is 5.11. The molecule has 1 aliphatic carbocycles. The standard InChI is InChI=1S/C13H18O4S/c1-9-6-7-17-13(9)12(14)10-4-3-5-11(8-10)18(2,15)16/h6-7,10-11H,3-5,8H2,1-2H3. The fourth-order valence-electron chi connectivity index (χ4n) is 2.58. The number of hydrogen-bond donors (Lipinski definition) is 0. The molecule has 2 unspecified atom stereocenters. The second kappa shape index (κ2) is 4.88. The fourth-order valence-corrected chi connectivity index (χ4v) is 3.76. The normalized spacial score (nSPS) is 25.0. The summed E-state index contributed by atoms with van der Waals surface area (Å²) < 4.78 is 28.3. The second-order valence-corrected chi connectivity index (χ2v) is 7.44. The van der Waals surface area contributed by atoms with Crippen molar-refractivity contribution in [3.8, 4) is 0 Å². The molecule has 0 N–H and O–H groups in total. The Morgan fingerprint density at radius 1 is 1.39 bits per heavy atom. The third-order valence-corrected chi connectivity index (χ3v) is 5.33. The van der Waals surface area contributed by atoms with Crippen molar-refractivity contribution in [3.63, 3.8) is 0 Å². The van der Waals surface area contributed by atoms with Crippen LogP contribution in [0.25, 0.3) is 0 Å². The summed E-state index contributed by atoms with van der Waals surface area (Å²) in [5.74, 6) is 0.114. The molecule has 0 spiro atoms. The largest absolute Gasteiger partial charge is 0.461 e. The first-order chi connectivity index (χ1) is 8.39. The highest BCUT2D eigenvalue weighted by Crippen LogP contribution is 2.31. The highest BCUT2D eigenvalue weighted by Gasteiger charge is 2.34. The van der Waals surface area contributed by atoms with E-state index in [1.54, 1.807) is 6.07 Å². The summed E-state index contributed by atoms with van der Waals surface area (Å²) >= 11 is 0. The smallest absolute Gasteiger partial charge is 0.201 e. The number of hydrogen-bond acceptors (Lipinski definition) is 4. The Bertz CT molecular complexity index is 541. The van der Waals surface area contributed by atoms with Crippen LogP contribution < -0.4 is 0 Å². The van der Waals surface area contributed by atoms with Crippen molar-refractivity contribution in [1.29, 1.82) is 0 Å². The average molecular weight is 270 g/mol. The zero-order valence-electron chi connectivity index (χ0n) is 10.7. The van der Waals surface area contributed by atoms with E-state index in [9.17, 15) is 13.2 Å². The molecule has 1 aromatic rings. The summed E-state index contributed by atoms with van der Waals surface area (Å²) in [6, 6.07) is 1.75. The first-order valence-corrected chi connectivity index (χ1v) is 8.12. The zero-order valence-corrected chi connectivity index (χ0v) is 11.5. The van der Waals surface area contributed by atoms with Crippen LogP contribution in [0.1, 0.15) is 41.8 Å². The van der Waals surface area contributed by atoms with Gasteiger partial charge in [0.2, 0.25) is 5.78 Å². The van der Waals surface area contributed by atoms with Crippen LogP contribution in [0.2, 0.25) is 0 Å². The van der Waals surface area contributed by atoms with Crippen molar-refractivity contribution in [3.05, 3.63) is 23.7 Å². The molecule has 2 rings (SSSR count). The molecule has 1 fully saturated rings. The van der Waals surface area contributed by atoms with Crippen molar-refractivity contribution in [2.75, 3.05) is 6.26 Å². The summed E-state index contributed by atoms with van der Waals surface area (Å²) in [6.07, 6.45) is 5.39. The van der Waals surface area contributed by atoms with E-state index in [4.69, 9.17) is 4.42 Å². The van der Waals surface area contributed by atoms with E-state index >= 15 is 0 Å². The Kier molecular flexibility index (Phi) is 3.61. The molecule has 18 heavy (non-hydrogen) atoms. The molecule has 0 bridgehead atoms. The van der Waals surface area contributed by atoms with Crippen LogP contribution in [0, 0.1) is 12.8 Å². The van der Waals surface area contributed by atoms with Gasteiger partial charge >= 0.3 is 0 Å². The van der Waals surface area contributed by atoms with Gasteiger partial charge in [-0.3, -0.25) is 4.79 Å². The van der Waals surface area contributed by atoms with Crippen molar-refractivity contribution < 1.29 is 17.6 Å². The van der Waals surface area contributed by atoms with Gasteiger partial charge in [-0.15, -0.1) is 0 Å². The molecule has 4 nitrogen and oxygen atoms in total. The van der Waals surface area contributed by atoms with Crippen molar-refractivity contribution in [2.45, 2.75) is 37.9 Å². The zero-order chi connectivity index (χ0) is 13.3. The van der Waals surface area contributed by atoms with Crippen LogP contribution in [0.5, 0.6) is 0 Å². The molecule has 1 saturated carbocycles. The van der Waals surface area contributed by atoms with Crippen LogP contribution in [0.4, 0.5) is 0 Å². The fraction of sp³-hybridized carbons (Fsp3) is 0.615. The molecule has 5 heteroatoms. The minimum atomic E-state index is -3.05. The molecule has 1 aromatic heterocycles. The maximum atomic E-state index is 12.3. The minimum Gasteiger partial charge on any atom is -0.461 e. The molecule has 0 saturated heterocycles. The van der Waals surface area contributed by atoms with Crippen LogP contribution in [0.15, 0.2) is 16.7 Å². The first kappa shape index (κ1) is 13.3. The first-order valence-electron chi connectivity index (χ1n) is 6.16. The molecule has 0 radical (unpaired) electrons. The number of sulfone groups is 1. The maximum absolute atomic E-state index is 12.3. The van der Waals surface area contributed by atoms with Gasteiger partial charge < -0.3 is 4.42 Å². The Morgan fingerprint density at radius 2 is 2.11 bits per heavy atom. The third kappa shape index (κ3) is 2.66. The van der Waals surface area contributed by atoms with Crippen molar-refractivity contribution in [2.24, 2.45) is 5.92 Å². The summed E-state index contributed by atoms with van der Waals surface area (Å²) in [5, 5.41) is -0.379. The average Bonchev–Trinajstić information content (AvgIpc) is 2.73. The molecule has 2 atom stereocenters. The quantitative estimate of drug-likeness (QED) is 0.791. The summed E-state index contributed by atoms with van der Waals surface area (Å²) in [7, 11) is -3.05. The number of aryl methyl sites for hydroxylation is 1. The Morgan fingerprint density at radius 3 is 2.67 bits per heavy atom. The van der Waals surface area contributed by atoms with E-state index in [2.05, 4.69) is 0 Å². The lowest BCUT2D eigenvalue weighted by molar-refractivity contribution is 0.0861. The molecule has 1 heterocycles. The van der Waals surface area contributed by atoms with E-state index in [1.807, 2.05) is 6.92 Å². The van der Waals surface area contributed by atoms with Gasteiger partial charge in [0.05, 0.1) is 11.5 Å². The van der Waals surface area contributed by atoms with Gasteiger partial charge in [0.15, 0.2) is 5.76 Å². The predicted molar refractivity (Wildman–Crippen MR) is 68.4 cm³/mol. The number of ketones is 1. The molecule has 0 aromatic carbocycles. The van der Waals surface area contributed by atoms with E-state index in [1.165, 1.54) is 12.5 Å². The third-order valence-electron chi connectivity index (χ3n) is 3.69. The number of carbonyl (C=O) groups excluding carboxylic acids is 1. The monoisotopic (exact) mass is 270 g/mol. The lowest BCUT2D eigenvalue weighted by Crippen LogP contribution is -2.31. The van der Waals surface area contributed by atoms with E-state index in [0.717, 1.165) is 18.4 Å². The Labute approximate surface area is 107 Å². The molecule has 1 aliphatic rings. The molecule has 100 valence electrons. The number of carbonyl (C=O) groups is 1. The van der Waals surface area contributed by atoms with Gasteiger partial charge in [-0.25, -0.2) is 8.42 Å². The van der Waals surface area contributed by atoms with Crippen LogP contribution in [-0.2, 0) is 9.84 Å². The van der Waals surface area contributed by atoms with E-state index in [0.29, 0.717) is 18.6 Å². The van der Waals surface area contributed by atoms with E-state index < -0.39 is 9.84 Å². The number of furan rings is 1. The molecule has 0 amide bonds. The van der Waals surface area contributed by atoms with Gasteiger partial charge in [-0.2, -0.15) is 0 Å². The minimum absolute atomic E-state index is 0.0501. The van der Waals surface area contributed by atoms with Crippen LogP contribution in [0.3, 0.4) is 0 Å². The highest BCUT2D eigenvalue weighted by molar-refractivity contribution is 7.91. The van der Waals surface area contributed by atoms with E-state index in [-0.39, 0.29) is 17.0 Å². The van der Waals surface area contributed by atoms with Crippen LogP contribution in [-0.4, -0.2) is 25.7 Å². The number of rotatable bonds is 3. The van der Waals surface area contributed by atoms with Gasteiger partial charge in [-0.05, 0) is 37.8 Å². The predicted octanol–water partition coefficient (Wildman–Crippen LogP) is 2.37. The van der Waals surface area contributed by atoms with Gasteiger partial charge in [0.25, 0.3) is 0 Å². The van der Waals surface area contributed by atoms with Gasteiger partial charge in [-0.1, -0.05) is 6.42 Å². The summed E-state index contributed by atoms with van der Waals surface area (Å²) in [4.78, 5) is 12.3. The van der Waals surface area contributed by atoms with Crippen molar-refractivity contribution >= 4 is 15.6 Å². The lowest BCUT2D eigenvalue weighted by Gasteiger charge is -2.26. The molecular formula is C13H18O4S. The van der Waals surface area contributed by atoms with Gasteiger partial charge in [0, 0.05) is 12.2 Å². The molecular weight excluding hydrogens is 252 g/mol. The SMILES string of the molecule is Cc1ccoc1C(=O)C1CCCC(S(C)(=O)=O)C1. The lowest BCUT2D eigenvalue weighted by atomic mass is 9.84. The highest BCUT2D eigenvalue weighted by atomic mass is 32.2. The summed E-state index contributed by atoms with van der Waals surface area (Å²) in [6.45, 7) is 1.83. The summed E-state index contributed by atoms with van der Waals surface area (Å²) in [5.41, 5.74) is 0.821. The molecule has 0 aliphatic heterocycles. The van der Waals surface area contributed by atoms with Gasteiger partial charge in [0.1, 0.15) is 9.84 Å². The van der Waals surface area contributed by atoms with Crippen molar-refractivity contribution in [1.82, 2.24) is 0 Å². The van der Waals surface area contributed by atoms with Crippen LogP contribution >= 0.6 is 0 Å². The Hall–Kier alpha value is -1.10. The number of Topliss-reactive ketones (excluding diaryl/α,β-unsaturated/α-hetero) is 1. The maximum Gasteiger partial charge on any atom is 0.201 e. The Balaban J connectivity index is 2.15.